The summed E-state index contributed by atoms with van der Waals surface area (Å²) in [5, 5.41) is 10.2. The number of fused-ring (bicyclic) bond motifs is 3. The first-order chi connectivity index (χ1) is 12.6. The molecule has 0 radical (unpaired) electrons. The lowest BCUT2D eigenvalue weighted by Crippen LogP contribution is -2.22. The van der Waals surface area contributed by atoms with Gasteiger partial charge in [0.05, 0.1) is 22.7 Å². The molecule has 0 spiro atoms. The number of benzene rings is 2. The molecule has 5 nitrogen and oxygen atoms in total. The van der Waals surface area contributed by atoms with Crippen LogP contribution in [0.4, 0.5) is 0 Å². The van der Waals surface area contributed by atoms with Crippen molar-refractivity contribution < 1.29 is 9.84 Å². The number of para-hydroxylation sites is 2. The normalized spacial score (nSPS) is 12.1. The van der Waals surface area contributed by atoms with E-state index in [0.29, 0.717) is 27.2 Å². The maximum atomic E-state index is 12.8. The fourth-order valence-electron chi connectivity index (χ4n) is 3.00. The van der Waals surface area contributed by atoms with Crippen molar-refractivity contribution in [1.82, 2.24) is 9.38 Å². The van der Waals surface area contributed by atoms with Gasteiger partial charge in [-0.2, -0.15) is 0 Å². The van der Waals surface area contributed by atoms with Crippen molar-refractivity contribution in [3.8, 4) is 11.5 Å². The molecule has 0 aliphatic carbocycles. The van der Waals surface area contributed by atoms with E-state index in [-0.39, 0.29) is 11.3 Å². The number of methoxy groups -OCH3 is 1. The second kappa shape index (κ2) is 6.31. The smallest absolute Gasteiger partial charge is 0.274 e. The molecule has 0 saturated heterocycles. The Labute approximate surface area is 153 Å². The van der Waals surface area contributed by atoms with Crippen molar-refractivity contribution >= 4 is 33.4 Å². The van der Waals surface area contributed by atoms with Gasteiger partial charge in [0.25, 0.3) is 5.56 Å². The highest BCUT2D eigenvalue weighted by Gasteiger charge is 2.12. The third-order valence-electron chi connectivity index (χ3n) is 4.20. The summed E-state index contributed by atoms with van der Waals surface area (Å²) >= 11 is 1.34. The van der Waals surface area contributed by atoms with E-state index in [1.54, 1.807) is 22.6 Å². The monoisotopic (exact) mass is 364 g/mol. The SMILES string of the molecule is C=CCc1cc(C=c2sc3nc4ccccc4n3c2=O)cc(OC)c1O. The van der Waals surface area contributed by atoms with Crippen molar-refractivity contribution in [3.05, 3.63) is 75.1 Å². The average Bonchev–Trinajstić information content (AvgIpc) is 3.14. The Morgan fingerprint density at radius 1 is 1.35 bits per heavy atom. The zero-order valence-corrected chi connectivity index (χ0v) is 14.9. The highest BCUT2D eigenvalue weighted by Crippen LogP contribution is 2.32. The summed E-state index contributed by atoms with van der Waals surface area (Å²) in [6, 6.07) is 11.1. The van der Waals surface area contributed by atoms with E-state index in [2.05, 4.69) is 11.6 Å². The minimum absolute atomic E-state index is 0.0962. The Morgan fingerprint density at radius 3 is 2.92 bits per heavy atom. The van der Waals surface area contributed by atoms with Crippen LogP contribution in [0.15, 0.2) is 53.8 Å². The standard InChI is InChI=1S/C20H16N2O3S/c1-3-6-13-9-12(10-16(25-2)18(13)23)11-17-19(24)22-15-8-5-4-7-14(15)21-20(22)26-17/h3-5,7-11,23H,1,6H2,2H3. The number of hydrogen-bond donors (Lipinski definition) is 1. The molecule has 6 heteroatoms. The first kappa shape index (κ1) is 16.4. The molecule has 4 rings (SSSR count). The van der Waals surface area contributed by atoms with Gasteiger partial charge in [-0.05, 0) is 42.3 Å². The summed E-state index contributed by atoms with van der Waals surface area (Å²) in [5.41, 5.74) is 2.99. The van der Waals surface area contributed by atoms with Crippen LogP contribution in [0, 0.1) is 0 Å². The Hall–Kier alpha value is -3.12. The zero-order valence-electron chi connectivity index (χ0n) is 14.1. The molecule has 0 aliphatic heterocycles. The molecule has 0 fully saturated rings. The number of nitrogens with zero attached hydrogens (tertiary/aromatic N) is 2. The van der Waals surface area contributed by atoms with Crippen LogP contribution in [0.3, 0.4) is 0 Å². The molecule has 0 saturated carbocycles. The maximum absolute atomic E-state index is 12.8. The molecule has 0 unspecified atom stereocenters. The number of aromatic nitrogens is 2. The second-order valence-electron chi connectivity index (χ2n) is 5.86. The highest BCUT2D eigenvalue weighted by molar-refractivity contribution is 7.15. The minimum atomic E-state index is -0.101. The van der Waals surface area contributed by atoms with Crippen LogP contribution in [0.2, 0.25) is 0 Å². The van der Waals surface area contributed by atoms with Crippen LogP contribution in [-0.4, -0.2) is 21.6 Å². The second-order valence-corrected chi connectivity index (χ2v) is 6.87. The van der Waals surface area contributed by atoms with Gasteiger partial charge in [0, 0.05) is 5.56 Å². The first-order valence-electron chi connectivity index (χ1n) is 8.05. The molecule has 0 amide bonds. The molecule has 0 atom stereocenters. The molecule has 130 valence electrons. The zero-order chi connectivity index (χ0) is 18.3. The van der Waals surface area contributed by atoms with Crippen molar-refractivity contribution in [2.45, 2.75) is 6.42 Å². The topological polar surface area (TPSA) is 63.8 Å². The maximum Gasteiger partial charge on any atom is 0.274 e. The molecule has 2 aromatic carbocycles. The number of aromatic hydroxyl groups is 1. The van der Waals surface area contributed by atoms with Crippen LogP contribution in [0.25, 0.3) is 22.1 Å². The van der Waals surface area contributed by atoms with Crippen LogP contribution >= 0.6 is 11.3 Å². The van der Waals surface area contributed by atoms with E-state index in [0.717, 1.165) is 16.6 Å². The van der Waals surface area contributed by atoms with Gasteiger partial charge in [-0.15, -0.1) is 6.58 Å². The third-order valence-corrected chi connectivity index (χ3v) is 5.17. The Morgan fingerprint density at radius 2 is 2.15 bits per heavy atom. The Bertz CT molecular complexity index is 1250. The molecule has 1 N–H and O–H groups in total. The predicted octanol–water partition coefficient (Wildman–Crippen LogP) is 2.90. The molecular weight excluding hydrogens is 348 g/mol. The number of phenolic OH excluding ortho intramolecular Hbond substituents is 1. The average molecular weight is 364 g/mol. The number of thiazole rings is 1. The Kier molecular flexibility index (Phi) is 3.97. The largest absolute Gasteiger partial charge is 0.504 e. The molecule has 26 heavy (non-hydrogen) atoms. The van der Waals surface area contributed by atoms with Crippen molar-refractivity contribution in [3.63, 3.8) is 0 Å². The highest BCUT2D eigenvalue weighted by atomic mass is 32.1. The van der Waals surface area contributed by atoms with Gasteiger partial charge in [0.2, 0.25) is 0 Å². The van der Waals surface area contributed by atoms with Crippen molar-refractivity contribution in [2.75, 3.05) is 7.11 Å². The first-order valence-corrected chi connectivity index (χ1v) is 8.86. The van der Waals surface area contributed by atoms with E-state index in [1.165, 1.54) is 18.4 Å². The molecular formula is C20H16N2O3S. The van der Waals surface area contributed by atoms with E-state index in [9.17, 15) is 9.90 Å². The lowest BCUT2D eigenvalue weighted by Gasteiger charge is -2.09. The summed E-state index contributed by atoms with van der Waals surface area (Å²) in [4.78, 5) is 18.0. The lowest BCUT2D eigenvalue weighted by atomic mass is 10.1. The Balaban J connectivity index is 1.94. The number of ether oxygens (including phenoxy) is 1. The molecule has 2 aromatic heterocycles. The number of allylic oxidation sites excluding steroid dienone is 1. The van der Waals surface area contributed by atoms with Gasteiger partial charge in [-0.3, -0.25) is 4.79 Å². The van der Waals surface area contributed by atoms with Gasteiger partial charge in [0.1, 0.15) is 0 Å². The van der Waals surface area contributed by atoms with Crippen LogP contribution in [-0.2, 0) is 6.42 Å². The van der Waals surface area contributed by atoms with Gasteiger partial charge in [-0.1, -0.05) is 29.5 Å². The lowest BCUT2D eigenvalue weighted by molar-refractivity contribution is 0.371. The van der Waals surface area contributed by atoms with E-state index in [4.69, 9.17) is 4.74 Å². The molecule has 2 heterocycles. The van der Waals surface area contributed by atoms with E-state index < -0.39 is 0 Å². The van der Waals surface area contributed by atoms with E-state index >= 15 is 0 Å². The van der Waals surface area contributed by atoms with E-state index in [1.807, 2.05) is 30.3 Å². The van der Waals surface area contributed by atoms with Gasteiger partial charge >= 0.3 is 0 Å². The molecule has 0 aliphatic rings. The summed E-state index contributed by atoms with van der Waals surface area (Å²) in [6.07, 6.45) is 4.01. The van der Waals surface area contributed by atoms with Gasteiger partial charge in [-0.25, -0.2) is 9.38 Å². The van der Waals surface area contributed by atoms with Gasteiger partial charge < -0.3 is 9.84 Å². The predicted molar refractivity (Wildman–Crippen MR) is 104 cm³/mol. The number of phenols is 1. The van der Waals surface area contributed by atoms with Crippen LogP contribution in [0.1, 0.15) is 11.1 Å². The third kappa shape index (κ3) is 2.55. The fourth-order valence-corrected chi connectivity index (χ4v) is 3.99. The minimum Gasteiger partial charge on any atom is -0.504 e. The number of hydrogen-bond acceptors (Lipinski definition) is 5. The van der Waals surface area contributed by atoms with Crippen LogP contribution < -0.4 is 14.8 Å². The number of imidazole rings is 1. The quantitative estimate of drug-likeness (QED) is 0.566. The van der Waals surface area contributed by atoms with Gasteiger partial charge in [0.15, 0.2) is 16.5 Å². The van der Waals surface area contributed by atoms with Crippen LogP contribution in [0.5, 0.6) is 11.5 Å². The fraction of sp³-hybridized carbons (Fsp3) is 0.100. The summed E-state index contributed by atoms with van der Waals surface area (Å²) in [6.45, 7) is 3.71. The summed E-state index contributed by atoms with van der Waals surface area (Å²) in [5.74, 6) is 0.466. The van der Waals surface area contributed by atoms with Crippen molar-refractivity contribution in [2.24, 2.45) is 0 Å². The van der Waals surface area contributed by atoms with Crippen molar-refractivity contribution in [1.29, 1.82) is 0 Å². The summed E-state index contributed by atoms with van der Waals surface area (Å²) in [7, 11) is 1.50. The summed E-state index contributed by atoms with van der Waals surface area (Å²) < 4.78 is 7.46. The molecule has 0 bridgehead atoms. The number of rotatable bonds is 4. The molecule has 4 aromatic rings.